The third-order valence-electron chi connectivity index (χ3n) is 2.92. The van der Waals surface area contributed by atoms with Gasteiger partial charge in [-0.2, -0.15) is 0 Å². The second-order valence-electron chi connectivity index (χ2n) is 6.08. The number of hydrogen-bond acceptors (Lipinski definition) is 3. The maximum absolute atomic E-state index is 11.7. The number of aliphatic hydroxyl groups is 1. The summed E-state index contributed by atoms with van der Waals surface area (Å²) in [6.07, 6.45) is 1.02. The van der Waals surface area contributed by atoms with E-state index in [0.717, 1.165) is 6.42 Å². The van der Waals surface area contributed by atoms with Gasteiger partial charge < -0.3 is 16.2 Å². The Morgan fingerprint density at radius 3 is 2.35 bits per heavy atom. The van der Waals surface area contributed by atoms with Gasteiger partial charge in [-0.15, -0.1) is 0 Å². The molecule has 0 rings (SSSR count). The van der Waals surface area contributed by atoms with Crippen molar-refractivity contribution in [3.63, 3.8) is 0 Å². The summed E-state index contributed by atoms with van der Waals surface area (Å²) >= 11 is 0. The number of nitrogens with one attached hydrogen (secondary N) is 1. The zero-order valence-corrected chi connectivity index (χ0v) is 11.8. The molecule has 0 heterocycles. The molecule has 1 amide bonds. The topological polar surface area (TPSA) is 75.4 Å². The Morgan fingerprint density at radius 1 is 1.41 bits per heavy atom. The fraction of sp³-hybridized carbons (Fsp3) is 0.923. The Hall–Kier alpha value is -0.610. The van der Waals surface area contributed by atoms with Crippen molar-refractivity contribution in [2.45, 2.75) is 59.6 Å². The number of rotatable bonds is 6. The molecule has 0 aliphatic rings. The predicted molar refractivity (Wildman–Crippen MR) is 70.5 cm³/mol. The molecular weight excluding hydrogens is 216 g/mol. The molecule has 4 N–H and O–H groups in total. The van der Waals surface area contributed by atoms with Crippen LogP contribution in [0.3, 0.4) is 0 Å². The van der Waals surface area contributed by atoms with E-state index in [-0.39, 0.29) is 23.8 Å². The first-order valence-electron chi connectivity index (χ1n) is 6.38. The van der Waals surface area contributed by atoms with E-state index in [9.17, 15) is 9.90 Å². The van der Waals surface area contributed by atoms with Gasteiger partial charge in [0.2, 0.25) is 5.91 Å². The minimum atomic E-state index is -0.511. The Bertz CT molecular complexity index is 236. The minimum Gasteiger partial charge on any atom is -0.391 e. The molecular formula is C13H28N2O2. The van der Waals surface area contributed by atoms with E-state index in [1.54, 1.807) is 0 Å². The van der Waals surface area contributed by atoms with E-state index in [1.807, 2.05) is 13.8 Å². The molecule has 0 radical (unpaired) electrons. The second-order valence-corrected chi connectivity index (χ2v) is 6.08. The number of carbonyl (C=O) groups is 1. The van der Waals surface area contributed by atoms with Crippen LogP contribution in [-0.4, -0.2) is 29.7 Å². The van der Waals surface area contributed by atoms with Gasteiger partial charge in [0.1, 0.15) is 0 Å². The SMILES string of the molecule is CC[C@H](C)[C@H](N)C(=O)NCC(O)CC(C)(C)C. The first-order valence-corrected chi connectivity index (χ1v) is 6.38. The second kappa shape index (κ2) is 6.97. The lowest BCUT2D eigenvalue weighted by Gasteiger charge is -2.23. The minimum absolute atomic E-state index is 0.0585. The molecule has 0 aliphatic heterocycles. The van der Waals surface area contributed by atoms with Gasteiger partial charge in [-0.05, 0) is 17.8 Å². The molecule has 0 spiro atoms. The van der Waals surface area contributed by atoms with Gasteiger partial charge in [0, 0.05) is 6.54 Å². The Kier molecular flexibility index (Phi) is 6.72. The molecule has 0 fully saturated rings. The number of hydrogen-bond donors (Lipinski definition) is 3. The van der Waals surface area contributed by atoms with Crippen LogP contribution < -0.4 is 11.1 Å². The third-order valence-corrected chi connectivity index (χ3v) is 2.92. The Morgan fingerprint density at radius 2 is 1.94 bits per heavy atom. The lowest BCUT2D eigenvalue weighted by atomic mass is 9.89. The molecule has 0 saturated carbocycles. The van der Waals surface area contributed by atoms with Crippen molar-refractivity contribution >= 4 is 5.91 Å². The summed E-state index contributed by atoms with van der Waals surface area (Å²) in [5.74, 6) is -0.0120. The van der Waals surface area contributed by atoms with Crippen LogP contribution in [0, 0.1) is 11.3 Å². The van der Waals surface area contributed by atoms with Gasteiger partial charge in [-0.25, -0.2) is 0 Å². The van der Waals surface area contributed by atoms with Crippen LogP contribution in [-0.2, 0) is 4.79 Å². The summed E-state index contributed by atoms with van der Waals surface area (Å²) in [5.41, 5.74) is 5.85. The van der Waals surface area contributed by atoms with Crippen molar-refractivity contribution in [3.05, 3.63) is 0 Å². The van der Waals surface area contributed by atoms with Crippen LogP contribution >= 0.6 is 0 Å². The van der Waals surface area contributed by atoms with Crippen LogP contribution in [0.2, 0.25) is 0 Å². The number of amides is 1. The molecule has 17 heavy (non-hydrogen) atoms. The maximum atomic E-state index is 11.7. The van der Waals surface area contributed by atoms with Gasteiger partial charge in [0.15, 0.2) is 0 Å². The predicted octanol–water partition coefficient (Wildman–Crippen LogP) is 1.27. The van der Waals surface area contributed by atoms with E-state index in [4.69, 9.17) is 5.73 Å². The van der Waals surface area contributed by atoms with Crippen molar-refractivity contribution in [2.24, 2.45) is 17.1 Å². The van der Waals surface area contributed by atoms with Crippen molar-refractivity contribution in [1.82, 2.24) is 5.32 Å². The monoisotopic (exact) mass is 244 g/mol. The normalized spacial score (nSPS) is 17.4. The Balaban J connectivity index is 3.99. The van der Waals surface area contributed by atoms with Crippen molar-refractivity contribution in [2.75, 3.05) is 6.54 Å². The zero-order valence-electron chi connectivity index (χ0n) is 11.8. The summed E-state index contributed by atoms with van der Waals surface area (Å²) in [7, 11) is 0. The average Bonchev–Trinajstić information content (AvgIpc) is 2.21. The van der Waals surface area contributed by atoms with Crippen LogP contribution in [0.25, 0.3) is 0 Å². The molecule has 0 aromatic carbocycles. The average molecular weight is 244 g/mol. The molecule has 0 bridgehead atoms. The lowest BCUT2D eigenvalue weighted by Crippen LogP contribution is -2.47. The summed E-state index contributed by atoms with van der Waals surface area (Å²) in [6, 6.07) is -0.484. The molecule has 4 heteroatoms. The van der Waals surface area contributed by atoms with Gasteiger partial charge in [-0.3, -0.25) is 4.79 Å². The highest BCUT2D eigenvalue weighted by Crippen LogP contribution is 2.20. The molecule has 102 valence electrons. The van der Waals surface area contributed by atoms with Crippen molar-refractivity contribution < 1.29 is 9.90 Å². The van der Waals surface area contributed by atoms with Crippen LogP contribution in [0.5, 0.6) is 0 Å². The van der Waals surface area contributed by atoms with E-state index >= 15 is 0 Å². The highest BCUT2D eigenvalue weighted by Gasteiger charge is 2.21. The van der Waals surface area contributed by atoms with E-state index < -0.39 is 12.1 Å². The zero-order chi connectivity index (χ0) is 13.6. The molecule has 3 atom stereocenters. The fourth-order valence-corrected chi connectivity index (χ4v) is 1.63. The number of aliphatic hydroxyl groups excluding tert-OH is 1. The quantitative estimate of drug-likeness (QED) is 0.658. The van der Waals surface area contributed by atoms with E-state index in [2.05, 4.69) is 26.1 Å². The highest BCUT2D eigenvalue weighted by atomic mass is 16.3. The molecule has 4 nitrogen and oxygen atoms in total. The summed E-state index contributed by atoms with van der Waals surface area (Å²) in [5, 5.41) is 12.5. The number of carbonyl (C=O) groups excluding carboxylic acids is 1. The van der Waals surface area contributed by atoms with E-state index in [1.165, 1.54) is 0 Å². The van der Waals surface area contributed by atoms with Crippen LogP contribution in [0.15, 0.2) is 0 Å². The van der Waals surface area contributed by atoms with E-state index in [0.29, 0.717) is 6.42 Å². The third kappa shape index (κ3) is 7.34. The molecule has 0 aromatic heterocycles. The van der Waals surface area contributed by atoms with Gasteiger partial charge in [0.25, 0.3) is 0 Å². The van der Waals surface area contributed by atoms with Crippen molar-refractivity contribution in [1.29, 1.82) is 0 Å². The first kappa shape index (κ1) is 16.4. The maximum Gasteiger partial charge on any atom is 0.237 e. The Labute approximate surface area is 105 Å². The molecule has 0 saturated heterocycles. The molecule has 0 aliphatic carbocycles. The van der Waals surface area contributed by atoms with Gasteiger partial charge >= 0.3 is 0 Å². The van der Waals surface area contributed by atoms with Gasteiger partial charge in [0.05, 0.1) is 12.1 Å². The summed E-state index contributed by atoms with van der Waals surface area (Å²) in [4.78, 5) is 11.7. The highest BCUT2D eigenvalue weighted by molar-refractivity contribution is 5.81. The van der Waals surface area contributed by atoms with Gasteiger partial charge in [-0.1, -0.05) is 41.0 Å². The smallest absolute Gasteiger partial charge is 0.237 e. The standard InChI is InChI=1S/C13H28N2O2/c1-6-9(2)11(14)12(17)15-8-10(16)7-13(3,4)5/h9-11,16H,6-8,14H2,1-5H3,(H,15,17)/t9-,10?,11-/m0/s1. The fourth-order valence-electron chi connectivity index (χ4n) is 1.63. The lowest BCUT2D eigenvalue weighted by molar-refractivity contribution is -0.124. The number of nitrogens with two attached hydrogens (primary N) is 1. The van der Waals surface area contributed by atoms with Crippen LogP contribution in [0.4, 0.5) is 0 Å². The molecule has 1 unspecified atom stereocenters. The largest absolute Gasteiger partial charge is 0.391 e. The van der Waals surface area contributed by atoms with Crippen LogP contribution in [0.1, 0.15) is 47.5 Å². The summed E-state index contributed by atoms with van der Waals surface area (Å²) < 4.78 is 0. The summed E-state index contributed by atoms with van der Waals surface area (Å²) in [6.45, 7) is 10.4. The molecule has 0 aromatic rings. The first-order chi connectivity index (χ1) is 7.67. The van der Waals surface area contributed by atoms with Crippen molar-refractivity contribution in [3.8, 4) is 0 Å².